The normalized spacial score (nSPS) is 16.9. The Hall–Kier alpha value is -2.87. The van der Waals surface area contributed by atoms with Crippen LogP contribution in [0.15, 0.2) is 42.7 Å². The molecule has 0 aliphatic carbocycles. The molecule has 29 heavy (non-hydrogen) atoms. The number of ether oxygens (including phenoxy) is 1. The monoisotopic (exact) mass is 399 g/mol. The van der Waals surface area contributed by atoms with Crippen LogP contribution in [-0.4, -0.2) is 58.8 Å². The van der Waals surface area contributed by atoms with E-state index < -0.39 is 11.8 Å². The number of hydrogen-bond acceptors (Lipinski definition) is 5. The molecule has 2 amide bonds. The van der Waals surface area contributed by atoms with Crippen LogP contribution in [0.2, 0.25) is 0 Å². The second kappa shape index (κ2) is 10.6. The molecule has 3 rings (SSSR count). The Labute approximate surface area is 171 Å². The summed E-state index contributed by atoms with van der Waals surface area (Å²) in [4.78, 5) is 26.6. The van der Waals surface area contributed by atoms with Crippen molar-refractivity contribution in [3.63, 3.8) is 0 Å². The van der Waals surface area contributed by atoms with Crippen LogP contribution in [0.25, 0.3) is 0 Å². The molecule has 8 nitrogen and oxygen atoms in total. The van der Waals surface area contributed by atoms with E-state index in [0.717, 1.165) is 13.1 Å². The molecule has 1 unspecified atom stereocenters. The van der Waals surface area contributed by atoms with Gasteiger partial charge in [-0.25, -0.2) is 0 Å². The summed E-state index contributed by atoms with van der Waals surface area (Å²) in [5, 5.41) is 9.44. The van der Waals surface area contributed by atoms with E-state index in [-0.39, 0.29) is 0 Å². The topological polar surface area (TPSA) is 88.5 Å². The van der Waals surface area contributed by atoms with E-state index in [4.69, 9.17) is 4.74 Å². The first-order valence-corrected chi connectivity index (χ1v) is 10.2. The summed E-state index contributed by atoms with van der Waals surface area (Å²) in [5.74, 6) is -0.681. The molecule has 1 aliphatic heterocycles. The Morgan fingerprint density at radius 3 is 2.90 bits per heavy atom. The first kappa shape index (κ1) is 20.9. The molecule has 1 atom stereocenters. The Bertz CT molecular complexity index is 793. The zero-order chi connectivity index (χ0) is 20.5. The van der Waals surface area contributed by atoms with Crippen molar-refractivity contribution >= 4 is 17.5 Å². The molecular formula is C21H29N5O3. The van der Waals surface area contributed by atoms with Crippen LogP contribution < -0.4 is 15.4 Å². The summed E-state index contributed by atoms with van der Waals surface area (Å²) in [6.45, 7) is 5.57. The highest BCUT2D eigenvalue weighted by atomic mass is 16.5. The molecule has 1 aliphatic rings. The van der Waals surface area contributed by atoms with E-state index in [1.54, 1.807) is 35.1 Å². The van der Waals surface area contributed by atoms with Crippen molar-refractivity contribution in [2.24, 2.45) is 0 Å². The number of anilines is 1. The average molecular weight is 399 g/mol. The smallest absolute Gasteiger partial charge is 0.313 e. The van der Waals surface area contributed by atoms with E-state index in [1.807, 2.05) is 12.3 Å². The number of likely N-dealkylation sites (tertiary alicyclic amines) is 1. The number of carbonyl (C=O) groups excluding carboxylic acids is 2. The number of hydrogen-bond donors (Lipinski definition) is 2. The largest absolute Gasteiger partial charge is 0.492 e. The van der Waals surface area contributed by atoms with Crippen molar-refractivity contribution in [1.29, 1.82) is 0 Å². The average Bonchev–Trinajstić information content (AvgIpc) is 3.23. The van der Waals surface area contributed by atoms with Crippen LogP contribution in [0.5, 0.6) is 5.75 Å². The summed E-state index contributed by atoms with van der Waals surface area (Å²) < 4.78 is 7.46. The van der Waals surface area contributed by atoms with Gasteiger partial charge in [0.05, 0.1) is 6.54 Å². The van der Waals surface area contributed by atoms with Crippen LogP contribution in [0.1, 0.15) is 26.2 Å². The lowest BCUT2D eigenvalue weighted by atomic mass is 10.0. The van der Waals surface area contributed by atoms with E-state index >= 15 is 0 Å². The minimum absolute atomic E-state index is 0.453. The molecule has 1 aromatic carbocycles. The highest BCUT2D eigenvalue weighted by Gasteiger charge is 2.19. The van der Waals surface area contributed by atoms with Gasteiger partial charge in [0.2, 0.25) is 0 Å². The lowest BCUT2D eigenvalue weighted by Crippen LogP contribution is -2.44. The molecule has 1 aromatic heterocycles. The van der Waals surface area contributed by atoms with E-state index in [9.17, 15) is 9.59 Å². The third-order valence-corrected chi connectivity index (χ3v) is 5.07. The number of amides is 2. The summed E-state index contributed by atoms with van der Waals surface area (Å²) in [6.07, 6.45) is 7.23. The molecule has 1 saturated heterocycles. The Balaban J connectivity index is 1.40. The van der Waals surface area contributed by atoms with Gasteiger partial charge in [-0.05, 0) is 44.5 Å². The maximum Gasteiger partial charge on any atom is 0.313 e. The predicted octanol–water partition coefficient (Wildman–Crippen LogP) is 1.89. The number of aromatic nitrogens is 2. The molecule has 0 bridgehead atoms. The quantitative estimate of drug-likeness (QED) is 0.662. The summed E-state index contributed by atoms with van der Waals surface area (Å²) in [5.41, 5.74) is 0.520. The molecule has 2 N–H and O–H groups in total. The number of rotatable bonds is 8. The van der Waals surface area contributed by atoms with Gasteiger partial charge in [0, 0.05) is 43.3 Å². The van der Waals surface area contributed by atoms with Crippen molar-refractivity contribution in [2.45, 2.75) is 38.8 Å². The minimum atomic E-state index is -0.676. The van der Waals surface area contributed by atoms with Crippen LogP contribution in [0.3, 0.4) is 0 Å². The van der Waals surface area contributed by atoms with Gasteiger partial charge in [-0.2, -0.15) is 5.10 Å². The van der Waals surface area contributed by atoms with Crippen LogP contribution in [0.4, 0.5) is 5.69 Å². The zero-order valence-electron chi connectivity index (χ0n) is 16.8. The third kappa shape index (κ3) is 6.60. The fourth-order valence-corrected chi connectivity index (χ4v) is 3.42. The highest BCUT2D eigenvalue weighted by molar-refractivity contribution is 6.39. The molecular weight excluding hydrogens is 370 g/mol. The van der Waals surface area contributed by atoms with Gasteiger partial charge < -0.3 is 15.4 Å². The van der Waals surface area contributed by atoms with Gasteiger partial charge >= 0.3 is 11.8 Å². The molecule has 156 valence electrons. The lowest BCUT2D eigenvalue weighted by Gasteiger charge is -2.33. The fourth-order valence-electron chi connectivity index (χ4n) is 3.42. The second-order valence-corrected chi connectivity index (χ2v) is 7.24. The van der Waals surface area contributed by atoms with Gasteiger partial charge in [0.15, 0.2) is 0 Å². The number of nitrogens with zero attached hydrogens (tertiary/aromatic N) is 3. The number of benzene rings is 1. The minimum Gasteiger partial charge on any atom is -0.492 e. The maximum absolute atomic E-state index is 12.2. The maximum atomic E-state index is 12.2. The highest BCUT2D eigenvalue weighted by Crippen LogP contribution is 2.17. The summed E-state index contributed by atoms with van der Waals surface area (Å²) in [6, 6.07) is 9.39. The molecule has 1 fully saturated rings. The first-order chi connectivity index (χ1) is 14.1. The summed E-state index contributed by atoms with van der Waals surface area (Å²) >= 11 is 0. The third-order valence-electron chi connectivity index (χ3n) is 5.07. The van der Waals surface area contributed by atoms with Crippen molar-refractivity contribution in [3.05, 3.63) is 42.7 Å². The fraction of sp³-hybridized carbons (Fsp3) is 0.476. The molecule has 0 saturated carbocycles. The molecule has 0 radical (unpaired) electrons. The first-order valence-electron chi connectivity index (χ1n) is 10.2. The van der Waals surface area contributed by atoms with E-state index in [0.29, 0.717) is 37.2 Å². The molecule has 8 heteroatoms. The lowest BCUT2D eigenvalue weighted by molar-refractivity contribution is -0.136. The van der Waals surface area contributed by atoms with Gasteiger partial charge in [-0.3, -0.25) is 19.2 Å². The standard InChI is InChI=1S/C21H29N5O3/c1-17-6-2-3-11-25(17)13-10-22-20(27)21(28)24-18-7-4-8-19(16-18)29-15-14-26-12-5-9-23-26/h4-5,7-9,12,16-17H,2-3,6,10-11,13-15H2,1H3,(H,22,27)(H,24,28). The van der Waals surface area contributed by atoms with Crippen molar-refractivity contribution in [2.75, 3.05) is 31.6 Å². The van der Waals surface area contributed by atoms with Gasteiger partial charge in [0.1, 0.15) is 12.4 Å². The van der Waals surface area contributed by atoms with Gasteiger partial charge in [-0.15, -0.1) is 0 Å². The van der Waals surface area contributed by atoms with E-state index in [2.05, 4.69) is 27.6 Å². The Kier molecular flexibility index (Phi) is 7.63. The van der Waals surface area contributed by atoms with Crippen LogP contribution in [-0.2, 0) is 16.1 Å². The van der Waals surface area contributed by atoms with Gasteiger partial charge in [-0.1, -0.05) is 12.5 Å². The van der Waals surface area contributed by atoms with Crippen molar-refractivity contribution in [3.8, 4) is 5.75 Å². The summed E-state index contributed by atoms with van der Waals surface area (Å²) in [7, 11) is 0. The second-order valence-electron chi connectivity index (χ2n) is 7.24. The molecule has 0 spiro atoms. The predicted molar refractivity (Wildman–Crippen MR) is 111 cm³/mol. The Morgan fingerprint density at radius 1 is 1.21 bits per heavy atom. The zero-order valence-corrected chi connectivity index (χ0v) is 16.8. The van der Waals surface area contributed by atoms with Crippen molar-refractivity contribution < 1.29 is 14.3 Å². The number of nitrogens with one attached hydrogen (secondary N) is 2. The number of piperidine rings is 1. The van der Waals surface area contributed by atoms with Crippen LogP contribution >= 0.6 is 0 Å². The van der Waals surface area contributed by atoms with Crippen molar-refractivity contribution in [1.82, 2.24) is 20.0 Å². The van der Waals surface area contributed by atoms with Crippen LogP contribution in [0, 0.1) is 0 Å². The van der Waals surface area contributed by atoms with Gasteiger partial charge in [0.25, 0.3) is 0 Å². The number of carbonyl (C=O) groups is 2. The molecule has 2 heterocycles. The Morgan fingerprint density at radius 2 is 2.10 bits per heavy atom. The van der Waals surface area contributed by atoms with E-state index in [1.165, 1.54) is 19.3 Å². The SMILES string of the molecule is CC1CCCCN1CCNC(=O)C(=O)Nc1cccc(OCCn2cccn2)c1. The molecule has 2 aromatic rings.